The van der Waals surface area contributed by atoms with Crippen molar-refractivity contribution >= 4 is 0 Å². The van der Waals surface area contributed by atoms with Gasteiger partial charge in [-0.25, -0.2) is 0 Å². The molecule has 0 unspecified atom stereocenters. The average Bonchev–Trinajstić information content (AvgIpc) is 2.20. The van der Waals surface area contributed by atoms with Crippen molar-refractivity contribution in [1.29, 1.82) is 0 Å². The van der Waals surface area contributed by atoms with Crippen LogP contribution in [-0.2, 0) is 0 Å². The van der Waals surface area contributed by atoms with Crippen molar-refractivity contribution < 1.29 is 5.11 Å². The largest absolute Gasteiger partial charge is 0.397 e. The normalized spacial score (nSPS) is 19.0. The van der Waals surface area contributed by atoms with Crippen LogP contribution in [0.25, 0.3) is 0 Å². The molecular weight excluding hydrogens is 114 g/mol. The van der Waals surface area contributed by atoms with Crippen LogP contribution in [0.3, 0.4) is 0 Å². The third kappa shape index (κ3) is 5.80. The molecule has 9 heavy (non-hydrogen) atoms. The lowest BCUT2D eigenvalue weighted by molar-refractivity contribution is 0.318. The Bertz CT molecular complexity index is 50.9. The number of hydrogen-bond acceptors (Lipinski definition) is 2. The fourth-order valence-electron chi connectivity index (χ4n) is 0.875. The third-order valence-electron chi connectivity index (χ3n) is 1.33. The lowest BCUT2D eigenvalue weighted by atomic mass is 10.4. The molecule has 0 spiro atoms. The molecule has 1 saturated heterocycles. The van der Waals surface area contributed by atoms with Crippen molar-refractivity contribution in [1.82, 2.24) is 4.90 Å². The van der Waals surface area contributed by atoms with Crippen molar-refractivity contribution in [2.45, 2.75) is 19.8 Å². The fraction of sp³-hybridized carbons (Fsp3) is 1.00. The lowest BCUT2D eigenvalue weighted by Gasteiger charge is -2.01. The minimum Gasteiger partial charge on any atom is -0.397 e. The second-order valence-corrected chi connectivity index (χ2v) is 2.33. The van der Waals surface area contributed by atoms with E-state index < -0.39 is 0 Å². The SMILES string of the molecule is CCO.CN1CCCC1. The second kappa shape index (κ2) is 6.05. The van der Waals surface area contributed by atoms with Gasteiger partial charge in [-0.2, -0.15) is 0 Å². The van der Waals surface area contributed by atoms with Gasteiger partial charge in [-0.1, -0.05) is 0 Å². The van der Waals surface area contributed by atoms with Gasteiger partial charge < -0.3 is 10.0 Å². The van der Waals surface area contributed by atoms with Gasteiger partial charge in [0.1, 0.15) is 0 Å². The first-order valence-corrected chi connectivity index (χ1v) is 3.60. The molecule has 1 aliphatic heterocycles. The molecule has 0 aromatic rings. The van der Waals surface area contributed by atoms with Crippen molar-refractivity contribution in [3.63, 3.8) is 0 Å². The molecular formula is C7H17NO. The third-order valence-corrected chi connectivity index (χ3v) is 1.33. The second-order valence-electron chi connectivity index (χ2n) is 2.33. The quantitative estimate of drug-likeness (QED) is 0.523. The number of hydrogen-bond donors (Lipinski definition) is 1. The predicted octanol–water partition coefficient (Wildman–Crippen LogP) is 0.711. The zero-order valence-corrected chi connectivity index (χ0v) is 6.43. The van der Waals surface area contributed by atoms with Gasteiger partial charge >= 0.3 is 0 Å². The average molecular weight is 131 g/mol. The summed E-state index contributed by atoms with van der Waals surface area (Å²) in [6.45, 7) is 4.57. The Kier molecular flexibility index (Phi) is 5.99. The van der Waals surface area contributed by atoms with Crippen LogP contribution in [0.5, 0.6) is 0 Å². The highest BCUT2D eigenvalue weighted by Crippen LogP contribution is 2.01. The van der Waals surface area contributed by atoms with E-state index in [-0.39, 0.29) is 6.61 Å². The Morgan fingerprint density at radius 2 is 1.67 bits per heavy atom. The first kappa shape index (κ1) is 8.92. The first-order chi connectivity index (χ1) is 4.31. The molecule has 0 radical (unpaired) electrons. The molecule has 1 rings (SSSR count). The molecule has 1 heterocycles. The zero-order chi connectivity index (χ0) is 7.11. The van der Waals surface area contributed by atoms with Crippen molar-refractivity contribution in [3.8, 4) is 0 Å². The molecule has 0 aromatic heterocycles. The molecule has 0 amide bonds. The smallest absolute Gasteiger partial charge is 0.0402 e. The maximum absolute atomic E-state index is 7.57. The van der Waals surface area contributed by atoms with E-state index >= 15 is 0 Å². The molecule has 2 heteroatoms. The van der Waals surface area contributed by atoms with Crippen molar-refractivity contribution in [2.75, 3.05) is 26.7 Å². The van der Waals surface area contributed by atoms with Gasteiger partial charge in [0.2, 0.25) is 0 Å². The molecule has 56 valence electrons. The molecule has 2 nitrogen and oxygen atoms in total. The summed E-state index contributed by atoms with van der Waals surface area (Å²) in [7, 11) is 2.17. The summed E-state index contributed by atoms with van der Waals surface area (Å²) in [5.74, 6) is 0. The van der Waals surface area contributed by atoms with E-state index in [1.807, 2.05) is 0 Å². The molecule has 1 aliphatic rings. The molecule has 0 aromatic carbocycles. The number of nitrogens with zero attached hydrogens (tertiary/aromatic N) is 1. The fourth-order valence-corrected chi connectivity index (χ4v) is 0.875. The van der Waals surface area contributed by atoms with E-state index in [2.05, 4.69) is 11.9 Å². The first-order valence-electron chi connectivity index (χ1n) is 3.60. The van der Waals surface area contributed by atoms with E-state index in [9.17, 15) is 0 Å². The number of rotatable bonds is 0. The zero-order valence-electron chi connectivity index (χ0n) is 6.43. The summed E-state index contributed by atoms with van der Waals surface area (Å²) >= 11 is 0. The summed E-state index contributed by atoms with van der Waals surface area (Å²) in [5.41, 5.74) is 0. The van der Waals surface area contributed by atoms with Crippen LogP contribution in [0.1, 0.15) is 19.8 Å². The molecule has 1 fully saturated rings. The molecule has 0 aliphatic carbocycles. The van der Waals surface area contributed by atoms with Crippen LogP contribution in [0.2, 0.25) is 0 Å². The van der Waals surface area contributed by atoms with Gasteiger partial charge in [0.15, 0.2) is 0 Å². The van der Waals surface area contributed by atoms with Gasteiger partial charge in [0, 0.05) is 6.61 Å². The Morgan fingerprint density at radius 3 is 1.78 bits per heavy atom. The van der Waals surface area contributed by atoms with Crippen LogP contribution in [0.4, 0.5) is 0 Å². The Balaban J connectivity index is 0.000000187. The summed E-state index contributed by atoms with van der Waals surface area (Å²) in [5, 5.41) is 7.57. The Hall–Kier alpha value is -0.0800. The molecule has 0 atom stereocenters. The van der Waals surface area contributed by atoms with Crippen LogP contribution in [-0.4, -0.2) is 36.8 Å². The lowest BCUT2D eigenvalue weighted by Crippen LogP contribution is -2.10. The number of aliphatic hydroxyl groups excluding tert-OH is 1. The monoisotopic (exact) mass is 131 g/mol. The Morgan fingerprint density at radius 1 is 1.33 bits per heavy atom. The standard InChI is InChI=1S/C5H11N.C2H6O/c1-6-4-2-3-5-6;1-2-3/h2-5H2,1H3;3H,2H2,1H3. The van der Waals surface area contributed by atoms with E-state index in [1.54, 1.807) is 6.92 Å². The summed E-state index contributed by atoms with van der Waals surface area (Å²) in [4.78, 5) is 2.36. The number of likely N-dealkylation sites (tertiary alicyclic amines) is 1. The van der Waals surface area contributed by atoms with Gasteiger partial charge in [-0.05, 0) is 39.9 Å². The minimum atomic E-state index is 0.250. The highest BCUT2D eigenvalue weighted by atomic mass is 16.2. The molecule has 1 N–H and O–H groups in total. The van der Waals surface area contributed by atoms with Crippen LogP contribution in [0.15, 0.2) is 0 Å². The summed E-state index contributed by atoms with van der Waals surface area (Å²) < 4.78 is 0. The van der Waals surface area contributed by atoms with Crippen LogP contribution < -0.4 is 0 Å². The van der Waals surface area contributed by atoms with Gasteiger partial charge in [0.25, 0.3) is 0 Å². The predicted molar refractivity (Wildman–Crippen MR) is 39.5 cm³/mol. The minimum absolute atomic E-state index is 0.250. The Labute approximate surface area is 57.5 Å². The highest BCUT2D eigenvalue weighted by molar-refractivity contribution is 4.59. The van der Waals surface area contributed by atoms with E-state index in [1.165, 1.54) is 25.9 Å². The highest BCUT2D eigenvalue weighted by Gasteiger charge is 2.03. The van der Waals surface area contributed by atoms with Crippen LogP contribution >= 0.6 is 0 Å². The van der Waals surface area contributed by atoms with Gasteiger partial charge in [0.05, 0.1) is 0 Å². The topological polar surface area (TPSA) is 23.5 Å². The van der Waals surface area contributed by atoms with Gasteiger partial charge in [-0.15, -0.1) is 0 Å². The summed E-state index contributed by atoms with van der Waals surface area (Å²) in [6, 6.07) is 0. The molecule has 0 saturated carbocycles. The van der Waals surface area contributed by atoms with E-state index in [4.69, 9.17) is 5.11 Å². The van der Waals surface area contributed by atoms with E-state index in [0.29, 0.717) is 0 Å². The van der Waals surface area contributed by atoms with E-state index in [0.717, 1.165) is 0 Å². The molecule has 0 bridgehead atoms. The van der Waals surface area contributed by atoms with Crippen molar-refractivity contribution in [3.05, 3.63) is 0 Å². The van der Waals surface area contributed by atoms with Crippen LogP contribution in [0, 0.1) is 0 Å². The summed E-state index contributed by atoms with van der Waals surface area (Å²) in [6.07, 6.45) is 2.83. The number of aliphatic hydroxyl groups is 1. The van der Waals surface area contributed by atoms with Gasteiger partial charge in [-0.3, -0.25) is 0 Å². The maximum Gasteiger partial charge on any atom is 0.0402 e. The van der Waals surface area contributed by atoms with Crippen molar-refractivity contribution in [2.24, 2.45) is 0 Å². The maximum atomic E-state index is 7.57.